The van der Waals surface area contributed by atoms with E-state index in [0.717, 1.165) is 50.4 Å². The van der Waals surface area contributed by atoms with Gasteiger partial charge in [0.25, 0.3) is 0 Å². The van der Waals surface area contributed by atoms with Crippen molar-refractivity contribution in [3.05, 3.63) is 212 Å². The molecule has 8 nitrogen and oxygen atoms in total. The second-order valence-corrected chi connectivity index (χ2v) is 47.0. The summed E-state index contributed by atoms with van der Waals surface area (Å²) in [6.07, 6.45) is 35.9. The smallest absolute Gasteiger partial charge is 0.0178 e. The minimum atomic E-state index is 0.238. The van der Waals surface area contributed by atoms with Gasteiger partial charge in [-0.25, -0.2) is 0 Å². The SMILES string of the molecule is CCC(C)CNC(C)(C)C.CCC(C)CNCC(C)(C)C.CCC(CC)(CC)NC.CCC(CC)(CC)NC(C)(C)C.CCC(CC)(CC)NC(C)C.CCC(CC)NC(C)(C)C.CCC(CC)NC(C)C.CCCCc1ccc(C)cc1.CCCCc1cccc(C)c1.CCCN(CCC)C(C)(C)C.CCCc1ccc(C)cc1.CCCc1cccc(C)c1.CCc1ccc(C)cc1.CCc1ccc(C)cc1. The third kappa shape index (κ3) is 97.5. The Morgan fingerprint density at radius 1 is 0.287 bits per heavy atom. The molecule has 0 saturated carbocycles. The fraction of sp³-hybridized carbons (Fsp3) is 0.733. The van der Waals surface area contributed by atoms with Gasteiger partial charge in [-0.15, -0.1) is 0 Å². The lowest BCUT2D eigenvalue weighted by Crippen LogP contribution is -2.53. The summed E-state index contributed by atoms with van der Waals surface area (Å²) in [6.45, 7) is 117. The summed E-state index contributed by atoms with van der Waals surface area (Å²) < 4.78 is 0. The number of nitrogens with zero attached hydrogens (tertiary/aromatic N) is 1. The minimum Gasteiger partial charge on any atom is -0.316 e. The molecule has 0 aliphatic heterocycles. The first-order chi connectivity index (χ1) is 66.8. The molecule has 143 heavy (non-hydrogen) atoms. The van der Waals surface area contributed by atoms with Crippen LogP contribution in [-0.2, 0) is 38.5 Å². The Hall–Kier alpha value is -5.00. The van der Waals surface area contributed by atoms with Crippen LogP contribution in [0, 0.1) is 58.8 Å². The van der Waals surface area contributed by atoms with E-state index >= 15 is 0 Å². The maximum atomic E-state index is 3.72. The molecular weight excluding hydrogens is 1730 g/mol. The molecule has 6 rings (SSSR count). The van der Waals surface area contributed by atoms with Gasteiger partial charge in [0.2, 0.25) is 0 Å². The molecule has 0 heterocycles. The summed E-state index contributed by atoms with van der Waals surface area (Å²) in [6, 6.07) is 55.0. The Balaban J connectivity index is -0.000000229. The zero-order valence-electron chi connectivity index (χ0n) is 106. The molecule has 6 aromatic carbocycles. The van der Waals surface area contributed by atoms with Crippen LogP contribution in [0.3, 0.4) is 0 Å². The Bertz CT molecular complexity index is 3520. The highest BCUT2D eigenvalue weighted by Crippen LogP contribution is 2.25. The first-order valence-corrected chi connectivity index (χ1v) is 59.2. The molecule has 6 aromatic rings. The Kier molecular flexibility index (Phi) is 99.8. The van der Waals surface area contributed by atoms with E-state index in [1.165, 1.54) is 253 Å². The molecule has 0 aliphatic rings. The van der Waals surface area contributed by atoms with Gasteiger partial charge in [0.15, 0.2) is 0 Å². The number of hydrogen-bond donors (Lipinski definition) is 7. The predicted molar refractivity (Wildman–Crippen MR) is 663 cm³/mol. The standard InChI is InChI=1S/C11H25N.2C11H16.3C10H23N.2C10H14.2C9H21N.2C9H12.2C8H19N/c1-7-11(8-2,9-3)12-10(4,5)6;1-3-4-7-11-8-5-6-10(2)9-11;1-3-4-5-11-8-6-10(2)7-9-11;1-6-9(2)7-11-8-10(3,4)5;1-6-8-11(9-7-2)10(3,4)5;1-6-10(7-2,8-3)11-9(4)5;1-3-5-10-7-4-6-9(2)8-10;1-3-4-10-7-5-9(2)6-8-10;1-6-8(2)7-10-9(3,4)5;1-6-8(7-2)10-9(3,4)5;2*1-3-9-6-4-8(2)5-7-9;1-5-8(6-2,7-3)9-4;1-5-8(6-2)9-7(3)4/h12H,7-9H2,1-6H3;5-6,8-9H,3-4,7H2,1-2H3;6-9H,3-5H2,1-2H3;9,11H,6-8H2,1-5H3;6-9H2,1-5H3;9,11H,6-8H2,1-5H3;4,6-8H,3,5H2,1-2H3;5-8H,3-4H2,1-2H3;2*8,10H,6-7H2,1-5H3;2*4-7H,3H2,1-2H3;9H,5-7H2,1-4H3;7-9H,5-6H2,1-4H3. The number of aryl methyl sites for hydroxylation is 12. The van der Waals surface area contributed by atoms with Crippen molar-refractivity contribution in [1.82, 2.24) is 42.1 Å². The number of nitrogens with one attached hydrogen (secondary N) is 7. The summed E-state index contributed by atoms with van der Waals surface area (Å²) in [7, 11) is 2.05. The molecule has 838 valence electrons. The lowest BCUT2D eigenvalue weighted by Gasteiger charge is -2.39. The molecule has 0 bridgehead atoms. The predicted octanol–water partition coefficient (Wildman–Crippen LogP) is 38.9. The van der Waals surface area contributed by atoms with Crippen molar-refractivity contribution in [3.8, 4) is 0 Å². The number of hydrogen-bond acceptors (Lipinski definition) is 8. The summed E-state index contributed by atoms with van der Waals surface area (Å²) in [4.78, 5) is 2.55. The monoisotopic (exact) mass is 1990 g/mol. The van der Waals surface area contributed by atoms with Crippen LogP contribution >= 0.6 is 0 Å². The van der Waals surface area contributed by atoms with Gasteiger partial charge in [0.05, 0.1) is 0 Å². The average molecular weight is 1990 g/mol. The van der Waals surface area contributed by atoms with Gasteiger partial charge in [-0.05, 0) is 363 Å². The molecule has 2 atom stereocenters. The maximum Gasteiger partial charge on any atom is 0.0178 e. The molecule has 0 saturated heterocycles. The van der Waals surface area contributed by atoms with Crippen molar-refractivity contribution in [3.63, 3.8) is 0 Å². The lowest BCUT2D eigenvalue weighted by atomic mass is 9.87. The molecule has 0 spiro atoms. The Labute approximate surface area is 901 Å². The van der Waals surface area contributed by atoms with Crippen LogP contribution in [0.15, 0.2) is 146 Å². The number of unbranched alkanes of at least 4 members (excludes halogenated alkanes) is 2. The zero-order chi connectivity index (χ0) is 112. The van der Waals surface area contributed by atoms with Crippen molar-refractivity contribution in [2.75, 3.05) is 39.8 Å². The van der Waals surface area contributed by atoms with E-state index in [1.54, 1.807) is 0 Å². The normalized spacial score (nSPS) is 11.7. The highest BCUT2D eigenvalue weighted by Gasteiger charge is 2.29. The van der Waals surface area contributed by atoms with Crippen LogP contribution in [0.2, 0.25) is 0 Å². The summed E-state index contributed by atoms with van der Waals surface area (Å²) in [5.74, 6) is 1.62. The molecule has 0 fully saturated rings. The Morgan fingerprint density at radius 2 is 0.608 bits per heavy atom. The molecule has 0 aliphatic carbocycles. The third-order valence-electron chi connectivity index (χ3n) is 26.7. The Morgan fingerprint density at radius 3 is 0.825 bits per heavy atom. The van der Waals surface area contributed by atoms with Crippen molar-refractivity contribution < 1.29 is 0 Å². The van der Waals surface area contributed by atoms with Gasteiger partial charge in [-0.1, -0.05) is 439 Å². The van der Waals surface area contributed by atoms with E-state index in [4.69, 9.17) is 0 Å². The maximum absolute atomic E-state index is 3.72. The molecule has 7 N–H and O–H groups in total. The van der Waals surface area contributed by atoms with Crippen LogP contribution in [0.1, 0.15) is 519 Å². The minimum absolute atomic E-state index is 0.238. The van der Waals surface area contributed by atoms with E-state index < -0.39 is 0 Å². The summed E-state index contributed by atoms with van der Waals surface area (Å²) >= 11 is 0. The summed E-state index contributed by atoms with van der Waals surface area (Å²) in [5.41, 5.74) is 19.6. The quantitative estimate of drug-likeness (QED) is 0.0204. The van der Waals surface area contributed by atoms with Gasteiger partial charge < -0.3 is 37.2 Å². The topological polar surface area (TPSA) is 87.4 Å². The van der Waals surface area contributed by atoms with Crippen LogP contribution < -0.4 is 37.2 Å². The molecule has 2 unspecified atom stereocenters. The van der Waals surface area contributed by atoms with Crippen molar-refractivity contribution in [2.45, 2.75) is 595 Å². The van der Waals surface area contributed by atoms with E-state index in [2.05, 4.69) is 541 Å². The molecule has 0 amide bonds. The van der Waals surface area contributed by atoms with E-state index in [1.807, 2.05) is 0 Å². The zero-order valence-corrected chi connectivity index (χ0v) is 106. The molecule has 0 radical (unpaired) electrons. The van der Waals surface area contributed by atoms with Gasteiger partial charge >= 0.3 is 0 Å². The lowest BCUT2D eigenvalue weighted by molar-refractivity contribution is 0.137. The first kappa shape index (κ1) is 153. The van der Waals surface area contributed by atoms with E-state index in [0.29, 0.717) is 45.7 Å². The second kappa shape index (κ2) is 93.1. The van der Waals surface area contributed by atoms with Crippen LogP contribution in [0.25, 0.3) is 0 Å². The highest BCUT2D eigenvalue weighted by molar-refractivity contribution is 5.26. The van der Waals surface area contributed by atoms with Crippen molar-refractivity contribution in [2.24, 2.45) is 17.3 Å². The second-order valence-electron chi connectivity index (χ2n) is 47.0. The number of rotatable bonds is 43. The van der Waals surface area contributed by atoms with Crippen molar-refractivity contribution >= 4 is 0 Å². The van der Waals surface area contributed by atoms with E-state index in [9.17, 15) is 0 Å². The highest BCUT2D eigenvalue weighted by atomic mass is 15.2. The van der Waals surface area contributed by atoms with Crippen LogP contribution in [0.5, 0.6) is 0 Å². The third-order valence-corrected chi connectivity index (χ3v) is 26.7. The van der Waals surface area contributed by atoms with Crippen molar-refractivity contribution in [1.29, 1.82) is 0 Å². The van der Waals surface area contributed by atoms with Gasteiger partial charge in [-0.3, -0.25) is 4.90 Å². The largest absolute Gasteiger partial charge is 0.316 e. The average Bonchev–Trinajstić information content (AvgIpc) is 0.894. The summed E-state index contributed by atoms with van der Waals surface area (Å²) in [5, 5.41) is 24.7. The number of benzene rings is 6. The molecule has 0 aromatic heterocycles. The van der Waals surface area contributed by atoms with Gasteiger partial charge in [0.1, 0.15) is 0 Å². The van der Waals surface area contributed by atoms with Gasteiger partial charge in [-0.2, -0.15) is 0 Å². The molecular formula is C135H258N8. The molecule has 8 heteroatoms. The van der Waals surface area contributed by atoms with Gasteiger partial charge in [0, 0.05) is 62.9 Å². The fourth-order valence-electron chi connectivity index (χ4n) is 15.9. The fourth-order valence-corrected chi connectivity index (χ4v) is 15.9. The van der Waals surface area contributed by atoms with E-state index in [-0.39, 0.29) is 16.6 Å². The van der Waals surface area contributed by atoms with Crippen LogP contribution in [-0.4, -0.2) is 108 Å². The van der Waals surface area contributed by atoms with Crippen LogP contribution in [0.4, 0.5) is 0 Å². The first-order valence-electron chi connectivity index (χ1n) is 59.2.